The number of carbonyl (C=O) groups is 1. The van der Waals surface area contributed by atoms with Crippen LogP contribution in [-0.4, -0.2) is 46.0 Å². The highest BCUT2D eigenvalue weighted by atomic mass is 35.5. The summed E-state index contributed by atoms with van der Waals surface area (Å²) in [5.41, 5.74) is 0.258. The molecule has 1 fully saturated rings. The van der Waals surface area contributed by atoms with Crippen molar-refractivity contribution in [2.45, 2.75) is 17.7 Å². The van der Waals surface area contributed by atoms with Gasteiger partial charge in [-0.05, 0) is 43.2 Å². The number of rotatable bonds is 6. The molecule has 1 saturated heterocycles. The highest BCUT2D eigenvalue weighted by Crippen LogP contribution is 2.35. The number of anilines is 1. The Bertz CT molecular complexity index is 976. The van der Waals surface area contributed by atoms with Crippen LogP contribution in [0.5, 0.6) is 5.75 Å². The molecule has 9 heteroatoms. The molecule has 1 aliphatic heterocycles. The average Bonchev–Trinajstić information content (AvgIpc) is 3.22. The molecule has 1 amide bonds. The zero-order valence-electron chi connectivity index (χ0n) is 15.3. The van der Waals surface area contributed by atoms with Crippen LogP contribution in [0.15, 0.2) is 47.4 Å². The molecule has 1 heterocycles. The summed E-state index contributed by atoms with van der Waals surface area (Å²) < 4.78 is 33.3. The van der Waals surface area contributed by atoms with E-state index in [1.165, 1.54) is 25.3 Å². The molecule has 6 nitrogen and oxygen atoms in total. The van der Waals surface area contributed by atoms with Crippen LogP contribution < -0.4 is 9.04 Å². The van der Waals surface area contributed by atoms with E-state index in [4.69, 9.17) is 27.9 Å². The van der Waals surface area contributed by atoms with Gasteiger partial charge in [0, 0.05) is 18.1 Å². The van der Waals surface area contributed by atoms with Crippen LogP contribution in [0.4, 0.5) is 5.69 Å². The van der Waals surface area contributed by atoms with Gasteiger partial charge in [-0.3, -0.25) is 9.10 Å². The third-order valence-corrected chi connectivity index (χ3v) is 7.03. The van der Waals surface area contributed by atoms with E-state index in [1.807, 2.05) is 0 Å². The Morgan fingerprint density at radius 3 is 2.50 bits per heavy atom. The van der Waals surface area contributed by atoms with E-state index in [2.05, 4.69) is 0 Å². The lowest BCUT2D eigenvalue weighted by Crippen LogP contribution is -2.42. The molecule has 0 spiro atoms. The first-order chi connectivity index (χ1) is 13.3. The van der Waals surface area contributed by atoms with E-state index in [9.17, 15) is 13.2 Å². The van der Waals surface area contributed by atoms with Crippen molar-refractivity contribution in [2.75, 3.05) is 31.0 Å². The summed E-state index contributed by atoms with van der Waals surface area (Å²) in [6.07, 6.45) is 1.82. The summed E-state index contributed by atoms with van der Waals surface area (Å²) in [5, 5.41) is 0.256. The molecule has 0 saturated carbocycles. The zero-order valence-corrected chi connectivity index (χ0v) is 17.6. The van der Waals surface area contributed by atoms with Gasteiger partial charge in [-0.2, -0.15) is 0 Å². The van der Waals surface area contributed by atoms with Crippen LogP contribution in [0, 0.1) is 0 Å². The maximum atomic E-state index is 13.5. The summed E-state index contributed by atoms with van der Waals surface area (Å²) in [5.74, 6) is 0.0589. The lowest BCUT2D eigenvalue weighted by Gasteiger charge is -2.28. The first-order valence-electron chi connectivity index (χ1n) is 8.73. The number of carbonyl (C=O) groups excluding carboxylic acids is 1. The fraction of sp³-hybridized carbons (Fsp3) is 0.316. The fourth-order valence-corrected chi connectivity index (χ4v) is 5.28. The van der Waals surface area contributed by atoms with E-state index < -0.39 is 10.0 Å². The van der Waals surface area contributed by atoms with Crippen LogP contribution in [0.25, 0.3) is 0 Å². The molecular weight excluding hydrogens is 423 g/mol. The molecule has 0 radical (unpaired) electrons. The van der Waals surface area contributed by atoms with Crippen molar-refractivity contribution in [1.82, 2.24) is 4.90 Å². The van der Waals surface area contributed by atoms with Crippen LogP contribution >= 0.6 is 23.2 Å². The Hall–Kier alpha value is -1.96. The largest absolute Gasteiger partial charge is 0.495 e. The number of para-hydroxylation sites is 2. The predicted molar refractivity (Wildman–Crippen MR) is 110 cm³/mol. The highest BCUT2D eigenvalue weighted by Gasteiger charge is 2.33. The van der Waals surface area contributed by atoms with Gasteiger partial charge in [-0.25, -0.2) is 8.42 Å². The number of hydrogen-bond donors (Lipinski definition) is 0. The maximum Gasteiger partial charge on any atom is 0.266 e. The number of nitrogens with zero attached hydrogens (tertiary/aromatic N) is 2. The lowest BCUT2D eigenvalue weighted by atomic mass is 10.3. The molecule has 3 rings (SSSR count). The minimum Gasteiger partial charge on any atom is -0.495 e. The quantitative estimate of drug-likeness (QED) is 0.681. The van der Waals surface area contributed by atoms with Crippen LogP contribution in [0.1, 0.15) is 12.8 Å². The summed E-state index contributed by atoms with van der Waals surface area (Å²) in [7, 11) is -2.73. The first-order valence-corrected chi connectivity index (χ1v) is 10.9. The monoisotopic (exact) mass is 442 g/mol. The number of methoxy groups -OCH3 is 1. The van der Waals surface area contributed by atoms with E-state index in [-0.39, 0.29) is 33.1 Å². The van der Waals surface area contributed by atoms with Crippen LogP contribution in [0.2, 0.25) is 10.0 Å². The van der Waals surface area contributed by atoms with E-state index in [0.29, 0.717) is 18.8 Å². The zero-order chi connectivity index (χ0) is 20.3. The fourth-order valence-electron chi connectivity index (χ4n) is 3.12. The molecule has 0 aliphatic carbocycles. The number of likely N-dealkylation sites (tertiary alicyclic amines) is 1. The lowest BCUT2D eigenvalue weighted by molar-refractivity contribution is -0.128. The normalized spacial score (nSPS) is 14.2. The van der Waals surface area contributed by atoms with Gasteiger partial charge in [0.2, 0.25) is 5.91 Å². The standard InChI is InChI=1S/C19H20Cl2N2O4S/c1-27-17-7-3-2-6-16(17)23(13-19(24)22-10-4-5-11-22)28(25,26)18-12-14(20)8-9-15(18)21/h2-3,6-9,12H,4-5,10-11,13H2,1H3. The molecule has 0 bridgehead atoms. The van der Waals surface area contributed by atoms with Crippen molar-refractivity contribution >= 4 is 44.8 Å². The van der Waals surface area contributed by atoms with Crippen molar-refractivity contribution in [3.05, 3.63) is 52.5 Å². The SMILES string of the molecule is COc1ccccc1N(CC(=O)N1CCCC1)S(=O)(=O)c1cc(Cl)ccc1Cl. The average molecular weight is 443 g/mol. The minimum absolute atomic E-state index is 0.0259. The molecule has 0 atom stereocenters. The number of ether oxygens (including phenoxy) is 1. The van der Waals surface area contributed by atoms with E-state index in [1.54, 1.807) is 29.2 Å². The third-order valence-electron chi connectivity index (χ3n) is 4.55. The molecule has 0 aromatic heterocycles. The minimum atomic E-state index is -4.18. The molecule has 2 aromatic carbocycles. The molecule has 2 aromatic rings. The van der Waals surface area contributed by atoms with E-state index >= 15 is 0 Å². The maximum absolute atomic E-state index is 13.5. The van der Waals surface area contributed by atoms with Crippen LogP contribution in [0.3, 0.4) is 0 Å². The van der Waals surface area contributed by atoms with Crippen LogP contribution in [-0.2, 0) is 14.8 Å². The van der Waals surface area contributed by atoms with E-state index in [0.717, 1.165) is 17.1 Å². The first kappa shape index (κ1) is 20.8. The number of benzene rings is 2. The summed E-state index contributed by atoms with van der Waals surface area (Å²) >= 11 is 12.2. The Balaban J connectivity index is 2.09. The topological polar surface area (TPSA) is 66.9 Å². The number of hydrogen-bond acceptors (Lipinski definition) is 4. The Kier molecular flexibility index (Phi) is 6.37. The Morgan fingerprint density at radius 2 is 1.82 bits per heavy atom. The predicted octanol–water partition coefficient (Wildman–Crippen LogP) is 3.82. The summed E-state index contributed by atoms with van der Waals surface area (Å²) in [6.45, 7) is 0.888. The molecule has 28 heavy (non-hydrogen) atoms. The molecule has 150 valence electrons. The van der Waals surface area contributed by atoms with Gasteiger partial charge in [0.05, 0.1) is 17.8 Å². The van der Waals surface area contributed by atoms with Gasteiger partial charge >= 0.3 is 0 Å². The van der Waals surface area contributed by atoms with Crippen molar-refractivity contribution in [2.24, 2.45) is 0 Å². The molecule has 1 aliphatic rings. The molecule has 0 N–H and O–H groups in total. The highest BCUT2D eigenvalue weighted by molar-refractivity contribution is 7.93. The molecule has 0 unspecified atom stereocenters. The Labute approximate surface area is 174 Å². The van der Waals surface area contributed by atoms with Gasteiger partial charge in [0.15, 0.2) is 0 Å². The summed E-state index contributed by atoms with van der Waals surface area (Å²) in [4.78, 5) is 14.3. The van der Waals surface area contributed by atoms with Crippen molar-refractivity contribution in [1.29, 1.82) is 0 Å². The van der Waals surface area contributed by atoms with Gasteiger partial charge in [0.1, 0.15) is 17.2 Å². The second kappa shape index (κ2) is 8.59. The number of amides is 1. The number of sulfonamides is 1. The summed E-state index contributed by atoms with van der Waals surface area (Å²) in [6, 6.07) is 10.8. The van der Waals surface area contributed by atoms with Crippen molar-refractivity contribution in [3.8, 4) is 5.75 Å². The van der Waals surface area contributed by atoms with Crippen molar-refractivity contribution < 1.29 is 17.9 Å². The van der Waals surface area contributed by atoms with Crippen molar-refractivity contribution in [3.63, 3.8) is 0 Å². The second-order valence-electron chi connectivity index (χ2n) is 6.35. The van der Waals surface area contributed by atoms with Gasteiger partial charge in [-0.1, -0.05) is 35.3 Å². The second-order valence-corrected chi connectivity index (χ2v) is 9.02. The number of halogens is 2. The Morgan fingerprint density at radius 1 is 1.14 bits per heavy atom. The smallest absolute Gasteiger partial charge is 0.266 e. The van der Waals surface area contributed by atoms with Gasteiger partial charge in [0.25, 0.3) is 10.0 Å². The molecular formula is C19H20Cl2N2O4S. The van der Waals surface area contributed by atoms with Gasteiger partial charge in [-0.15, -0.1) is 0 Å². The van der Waals surface area contributed by atoms with Gasteiger partial charge < -0.3 is 9.64 Å². The third kappa shape index (κ3) is 4.21.